The van der Waals surface area contributed by atoms with E-state index in [1.54, 1.807) is 4.90 Å². The number of sulfone groups is 1. The van der Waals surface area contributed by atoms with Gasteiger partial charge in [-0.1, -0.05) is 48.5 Å². The van der Waals surface area contributed by atoms with Crippen molar-refractivity contribution in [2.24, 2.45) is 0 Å². The zero-order chi connectivity index (χ0) is 17.9. The molecule has 1 aliphatic heterocycles. The minimum absolute atomic E-state index is 0.0689. The molecule has 0 bridgehead atoms. The van der Waals surface area contributed by atoms with Crippen molar-refractivity contribution in [1.82, 2.24) is 4.90 Å². The third kappa shape index (κ3) is 4.28. The van der Waals surface area contributed by atoms with E-state index in [4.69, 9.17) is 0 Å². The number of aryl methyl sites for hydroxylation is 1. The Balaban J connectivity index is 1.84. The zero-order valence-electron chi connectivity index (χ0n) is 14.4. The Hall–Kier alpha value is -2.14. The molecule has 1 atom stereocenters. The van der Waals surface area contributed by atoms with Gasteiger partial charge in [0, 0.05) is 18.2 Å². The summed E-state index contributed by atoms with van der Waals surface area (Å²) >= 11 is 0. The molecule has 1 unspecified atom stereocenters. The van der Waals surface area contributed by atoms with E-state index in [9.17, 15) is 13.2 Å². The maximum absolute atomic E-state index is 13.1. The lowest BCUT2D eigenvalue weighted by atomic mass is 10.0. The SMILES string of the molecule is Cc1ccccc1C(=O)N(CCc1ccccc1)C1CCS(=O)(=O)C1. The molecule has 0 N–H and O–H groups in total. The number of nitrogens with zero attached hydrogens (tertiary/aromatic N) is 1. The monoisotopic (exact) mass is 357 g/mol. The van der Waals surface area contributed by atoms with Gasteiger partial charge < -0.3 is 4.90 Å². The Morgan fingerprint density at radius 3 is 2.40 bits per heavy atom. The first-order valence-electron chi connectivity index (χ1n) is 8.57. The van der Waals surface area contributed by atoms with Crippen LogP contribution in [0.25, 0.3) is 0 Å². The Morgan fingerprint density at radius 1 is 1.08 bits per heavy atom. The van der Waals surface area contributed by atoms with Crippen molar-refractivity contribution in [2.45, 2.75) is 25.8 Å². The number of benzene rings is 2. The molecule has 1 amide bonds. The smallest absolute Gasteiger partial charge is 0.254 e. The average molecular weight is 357 g/mol. The minimum Gasteiger partial charge on any atom is -0.334 e. The summed E-state index contributed by atoms with van der Waals surface area (Å²) in [4.78, 5) is 14.9. The van der Waals surface area contributed by atoms with Crippen LogP contribution in [0.15, 0.2) is 54.6 Å². The Bertz CT molecular complexity index is 846. The number of carbonyl (C=O) groups is 1. The van der Waals surface area contributed by atoms with Gasteiger partial charge in [0.25, 0.3) is 5.91 Å². The molecule has 0 saturated carbocycles. The van der Waals surface area contributed by atoms with Crippen LogP contribution in [0.3, 0.4) is 0 Å². The predicted octanol–water partition coefficient (Wildman–Crippen LogP) is 2.87. The molecule has 1 heterocycles. The molecule has 0 aromatic heterocycles. The summed E-state index contributed by atoms with van der Waals surface area (Å²) in [5, 5.41) is 0. The van der Waals surface area contributed by atoms with E-state index in [0.29, 0.717) is 18.5 Å². The van der Waals surface area contributed by atoms with Gasteiger partial charge in [-0.25, -0.2) is 8.42 Å². The van der Waals surface area contributed by atoms with E-state index in [2.05, 4.69) is 0 Å². The van der Waals surface area contributed by atoms with Crippen molar-refractivity contribution in [1.29, 1.82) is 0 Å². The van der Waals surface area contributed by atoms with Gasteiger partial charge >= 0.3 is 0 Å². The average Bonchev–Trinajstić information content (AvgIpc) is 2.96. The quantitative estimate of drug-likeness (QED) is 0.827. The minimum atomic E-state index is -3.04. The third-order valence-corrected chi connectivity index (χ3v) is 6.52. The highest BCUT2D eigenvalue weighted by molar-refractivity contribution is 7.91. The number of hydrogen-bond donors (Lipinski definition) is 0. The van der Waals surface area contributed by atoms with Gasteiger partial charge in [0.15, 0.2) is 9.84 Å². The molecule has 1 saturated heterocycles. The van der Waals surface area contributed by atoms with Crippen molar-refractivity contribution < 1.29 is 13.2 Å². The molecule has 3 rings (SSSR count). The number of carbonyl (C=O) groups excluding carboxylic acids is 1. The number of rotatable bonds is 5. The number of amides is 1. The van der Waals surface area contributed by atoms with Gasteiger partial charge in [0.1, 0.15) is 0 Å². The van der Waals surface area contributed by atoms with E-state index in [1.807, 2.05) is 61.5 Å². The topological polar surface area (TPSA) is 54.5 Å². The van der Waals surface area contributed by atoms with Gasteiger partial charge in [-0.05, 0) is 37.0 Å². The van der Waals surface area contributed by atoms with Crippen molar-refractivity contribution in [2.75, 3.05) is 18.1 Å². The van der Waals surface area contributed by atoms with Crippen LogP contribution in [-0.4, -0.2) is 43.3 Å². The first-order chi connectivity index (χ1) is 12.0. The van der Waals surface area contributed by atoms with Crippen LogP contribution in [0.1, 0.15) is 27.9 Å². The van der Waals surface area contributed by atoms with Crippen molar-refractivity contribution in [3.8, 4) is 0 Å². The molecule has 5 heteroatoms. The molecule has 132 valence electrons. The van der Waals surface area contributed by atoms with Crippen LogP contribution in [0, 0.1) is 6.92 Å². The fraction of sp³-hybridized carbons (Fsp3) is 0.350. The van der Waals surface area contributed by atoms with E-state index in [-0.39, 0.29) is 23.5 Å². The third-order valence-electron chi connectivity index (χ3n) is 4.77. The van der Waals surface area contributed by atoms with E-state index in [0.717, 1.165) is 17.5 Å². The van der Waals surface area contributed by atoms with Gasteiger partial charge in [-0.3, -0.25) is 4.79 Å². The van der Waals surface area contributed by atoms with E-state index >= 15 is 0 Å². The van der Waals surface area contributed by atoms with Crippen LogP contribution in [0.5, 0.6) is 0 Å². The van der Waals surface area contributed by atoms with Gasteiger partial charge in [-0.15, -0.1) is 0 Å². The van der Waals surface area contributed by atoms with E-state index in [1.165, 1.54) is 0 Å². The zero-order valence-corrected chi connectivity index (χ0v) is 15.2. The molecule has 0 radical (unpaired) electrons. The standard InChI is InChI=1S/C20H23NO3S/c1-16-7-5-6-10-19(16)20(22)21(18-12-14-25(23,24)15-18)13-11-17-8-3-2-4-9-17/h2-10,18H,11-15H2,1H3. The highest BCUT2D eigenvalue weighted by Gasteiger charge is 2.35. The van der Waals surface area contributed by atoms with E-state index < -0.39 is 9.84 Å². The largest absolute Gasteiger partial charge is 0.334 e. The summed E-state index contributed by atoms with van der Waals surface area (Å²) in [5.74, 6) is 0.163. The van der Waals surface area contributed by atoms with Gasteiger partial charge in [0.2, 0.25) is 0 Å². The highest BCUT2D eigenvalue weighted by Crippen LogP contribution is 2.22. The molecular weight excluding hydrogens is 334 g/mol. The fourth-order valence-electron chi connectivity index (χ4n) is 3.33. The second kappa shape index (κ2) is 7.40. The first-order valence-corrected chi connectivity index (χ1v) is 10.4. The van der Waals surface area contributed by atoms with Gasteiger partial charge in [0.05, 0.1) is 11.5 Å². The summed E-state index contributed by atoms with van der Waals surface area (Å²) < 4.78 is 23.8. The van der Waals surface area contributed by atoms with Crippen LogP contribution in [0.4, 0.5) is 0 Å². The second-order valence-corrected chi connectivity index (χ2v) is 8.83. The molecule has 0 aliphatic carbocycles. The fourth-order valence-corrected chi connectivity index (χ4v) is 5.06. The normalized spacial score (nSPS) is 18.8. The molecule has 1 fully saturated rings. The maximum Gasteiger partial charge on any atom is 0.254 e. The Morgan fingerprint density at radius 2 is 1.76 bits per heavy atom. The van der Waals surface area contributed by atoms with Crippen LogP contribution in [0.2, 0.25) is 0 Å². The lowest BCUT2D eigenvalue weighted by Crippen LogP contribution is -2.42. The summed E-state index contributed by atoms with van der Waals surface area (Å²) in [6.45, 7) is 2.44. The first kappa shape index (κ1) is 17.7. The van der Waals surface area contributed by atoms with Crippen LogP contribution in [-0.2, 0) is 16.3 Å². The maximum atomic E-state index is 13.1. The molecule has 25 heavy (non-hydrogen) atoms. The van der Waals surface area contributed by atoms with Gasteiger partial charge in [-0.2, -0.15) is 0 Å². The summed E-state index contributed by atoms with van der Waals surface area (Å²) in [7, 11) is -3.04. The molecule has 1 aliphatic rings. The second-order valence-electron chi connectivity index (χ2n) is 6.61. The van der Waals surface area contributed by atoms with Crippen LogP contribution >= 0.6 is 0 Å². The highest BCUT2D eigenvalue weighted by atomic mass is 32.2. The summed E-state index contributed by atoms with van der Waals surface area (Å²) in [5.41, 5.74) is 2.71. The van der Waals surface area contributed by atoms with Crippen molar-refractivity contribution >= 4 is 15.7 Å². The molecular formula is C20H23NO3S. The van der Waals surface area contributed by atoms with Crippen molar-refractivity contribution in [3.63, 3.8) is 0 Å². The molecule has 2 aromatic carbocycles. The molecule has 2 aromatic rings. The lowest BCUT2D eigenvalue weighted by molar-refractivity contribution is 0.0698. The lowest BCUT2D eigenvalue weighted by Gasteiger charge is -2.29. The summed E-state index contributed by atoms with van der Waals surface area (Å²) in [6.07, 6.45) is 1.24. The molecule has 4 nitrogen and oxygen atoms in total. The summed E-state index contributed by atoms with van der Waals surface area (Å²) in [6, 6.07) is 17.2. The molecule has 0 spiro atoms. The Labute approximate surface area is 149 Å². The Kier molecular flexibility index (Phi) is 5.23. The van der Waals surface area contributed by atoms with Crippen molar-refractivity contribution in [3.05, 3.63) is 71.3 Å². The predicted molar refractivity (Wildman–Crippen MR) is 99.4 cm³/mol. The van der Waals surface area contributed by atoms with Crippen LogP contribution < -0.4 is 0 Å². The number of hydrogen-bond acceptors (Lipinski definition) is 3.